The van der Waals surface area contributed by atoms with E-state index < -0.39 is 0 Å². The molecule has 0 radical (unpaired) electrons. The fraction of sp³-hybridized carbons (Fsp3) is 0.250. The second-order valence-corrected chi connectivity index (χ2v) is 5.03. The quantitative estimate of drug-likeness (QED) is 0.443. The van der Waals surface area contributed by atoms with E-state index in [0.29, 0.717) is 0 Å². The van der Waals surface area contributed by atoms with Crippen molar-refractivity contribution in [2.75, 3.05) is 0 Å². The molecule has 0 fully saturated rings. The van der Waals surface area contributed by atoms with Gasteiger partial charge in [0.05, 0.1) is 17.6 Å². The molecule has 1 aromatic rings. The van der Waals surface area contributed by atoms with Crippen LogP contribution in [0.5, 0.6) is 0 Å². The molecule has 0 atom stereocenters. The Labute approximate surface area is 109 Å². The van der Waals surface area contributed by atoms with Crippen molar-refractivity contribution in [3.8, 4) is 12.3 Å². The van der Waals surface area contributed by atoms with Gasteiger partial charge >= 0.3 is 0 Å². The predicted octanol–water partition coefficient (Wildman–Crippen LogP) is 4.03. The Kier molecular flexibility index (Phi) is 4.62. The lowest BCUT2D eigenvalue weighted by Gasteiger charge is -2.11. The monoisotopic (exact) mass is 238 g/mol. The number of nitrogens with zero attached hydrogens (tertiary/aromatic N) is 2. The summed E-state index contributed by atoms with van der Waals surface area (Å²) in [7, 11) is 0. The molecule has 0 aromatic carbocycles. The molecule has 0 unspecified atom stereocenters. The molecule has 0 amide bonds. The minimum absolute atomic E-state index is 0.107. The summed E-state index contributed by atoms with van der Waals surface area (Å²) < 4.78 is 0. The van der Waals surface area contributed by atoms with Crippen LogP contribution in [0.2, 0.25) is 0 Å². The predicted molar refractivity (Wildman–Crippen MR) is 78.9 cm³/mol. The van der Waals surface area contributed by atoms with Crippen LogP contribution in [-0.4, -0.2) is 11.7 Å². The first kappa shape index (κ1) is 13.9. The Morgan fingerprint density at radius 1 is 1.44 bits per heavy atom. The lowest BCUT2D eigenvalue weighted by Crippen LogP contribution is -1.98. The first-order chi connectivity index (χ1) is 8.46. The normalized spacial score (nSPS) is 12.4. The first-order valence-corrected chi connectivity index (χ1v) is 5.75. The minimum atomic E-state index is 0.107. The fourth-order valence-corrected chi connectivity index (χ4v) is 1.29. The average Bonchev–Trinajstić information content (AvgIpc) is 2.33. The molecule has 0 N–H and O–H groups in total. The second kappa shape index (κ2) is 5.97. The van der Waals surface area contributed by atoms with Crippen molar-refractivity contribution in [2.24, 2.45) is 10.4 Å². The largest absolute Gasteiger partial charge is 0.263 e. The molecule has 18 heavy (non-hydrogen) atoms. The maximum absolute atomic E-state index is 5.35. The van der Waals surface area contributed by atoms with Crippen LogP contribution in [0.4, 0.5) is 5.69 Å². The molecule has 2 nitrogen and oxygen atoms in total. The Balaban J connectivity index is 3.06. The molecule has 2 heteroatoms. The Hall–Kier alpha value is -2.14. The Morgan fingerprint density at radius 3 is 2.61 bits per heavy atom. The zero-order valence-electron chi connectivity index (χ0n) is 11.1. The number of terminal acetylenes is 1. The molecular formula is C16H18N2. The Bertz CT molecular complexity index is 506. The van der Waals surface area contributed by atoms with E-state index in [-0.39, 0.29) is 5.41 Å². The molecule has 0 spiro atoms. The zero-order chi connectivity index (χ0) is 13.6. The lowest BCUT2D eigenvalue weighted by atomic mass is 9.94. The molecule has 1 rings (SSSR count). The van der Waals surface area contributed by atoms with Crippen LogP contribution >= 0.6 is 0 Å². The highest BCUT2D eigenvalue weighted by Gasteiger charge is 2.05. The van der Waals surface area contributed by atoms with Crippen molar-refractivity contribution in [3.63, 3.8) is 0 Å². The molecule has 0 aliphatic rings. The van der Waals surface area contributed by atoms with Gasteiger partial charge in [-0.15, -0.1) is 6.42 Å². The SMILES string of the molecule is C#C/C=C(\C=C/C(C)(C)C)c1ccc(N=C)cn1. The third kappa shape index (κ3) is 4.39. The number of hydrogen-bond acceptors (Lipinski definition) is 2. The average molecular weight is 238 g/mol. The summed E-state index contributed by atoms with van der Waals surface area (Å²) >= 11 is 0. The van der Waals surface area contributed by atoms with Gasteiger partial charge in [0, 0.05) is 5.57 Å². The summed E-state index contributed by atoms with van der Waals surface area (Å²) in [5.74, 6) is 2.54. The molecule has 0 saturated carbocycles. The number of aliphatic imine (C=N–C) groups is 1. The maximum atomic E-state index is 5.35. The summed E-state index contributed by atoms with van der Waals surface area (Å²) in [5, 5.41) is 0. The number of pyridine rings is 1. The van der Waals surface area contributed by atoms with Gasteiger partial charge in [-0.2, -0.15) is 0 Å². The molecule has 0 aliphatic heterocycles. The van der Waals surface area contributed by atoms with Crippen LogP contribution in [-0.2, 0) is 0 Å². The molecule has 0 aliphatic carbocycles. The molecular weight excluding hydrogens is 220 g/mol. The standard InChI is InChI=1S/C16H18N2/c1-6-7-13(10-11-16(2,3)4)15-9-8-14(17-5)12-18-15/h1,7-12H,5H2,2-4H3/b11-10-,13-7+. The van der Waals surface area contributed by atoms with Gasteiger partial charge in [0.25, 0.3) is 0 Å². The van der Waals surface area contributed by atoms with E-state index in [4.69, 9.17) is 6.42 Å². The van der Waals surface area contributed by atoms with Gasteiger partial charge in [-0.3, -0.25) is 9.98 Å². The molecule has 1 heterocycles. The maximum Gasteiger partial charge on any atom is 0.0806 e. The highest BCUT2D eigenvalue weighted by molar-refractivity contribution is 5.74. The first-order valence-electron chi connectivity index (χ1n) is 5.75. The molecule has 92 valence electrons. The second-order valence-electron chi connectivity index (χ2n) is 5.03. The van der Waals surface area contributed by atoms with Crippen LogP contribution in [0.25, 0.3) is 5.57 Å². The number of hydrogen-bond donors (Lipinski definition) is 0. The molecule has 0 saturated heterocycles. The lowest BCUT2D eigenvalue weighted by molar-refractivity contribution is 0.544. The van der Waals surface area contributed by atoms with Crippen LogP contribution in [0.3, 0.4) is 0 Å². The van der Waals surface area contributed by atoms with Gasteiger partial charge in [0.1, 0.15) is 0 Å². The van der Waals surface area contributed by atoms with Crippen LogP contribution in [0.1, 0.15) is 26.5 Å². The van der Waals surface area contributed by atoms with Gasteiger partial charge in [-0.25, -0.2) is 0 Å². The number of allylic oxidation sites excluding steroid dienone is 4. The van der Waals surface area contributed by atoms with Gasteiger partial charge < -0.3 is 0 Å². The summed E-state index contributed by atoms with van der Waals surface area (Å²) in [6.07, 6.45) is 12.8. The van der Waals surface area contributed by atoms with E-state index in [1.807, 2.05) is 18.2 Å². The van der Waals surface area contributed by atoms with Crippen molar-refractivity contribution < 1.29 is 0 Å². The van der Waals surface area contributed by atoms with E-state index >= 15 is 0 Å². The number of aromatic nitrogens is 1. The smallest absolute Gasteiger partial charge is 0.0806 e. The van der Waals surface area contributed by atoms with E-state index in [2.05, 4.69) is 49.5 Å². The minimum Gasteiger partial charge on any atom is -0.263 e. The summed E-state index contributed by atoms with van der Waals surface area (Å²) in [5.41, 5.74) is 2.61. The highest BCUT2D eigenvalue weighted by atomic mass is 14.8. The topological polar surface area (TPSA) is 25.2 Å². The van der Waals surface area contributed by atoms with Crippen molar-refractivity contribution in [2.45, 2.75) is 20.8 Å². The van der Waals surface area contributed by atoms with E-state index in [0.717, 1.165) is 17.0 Å². The van der Waals surface area contributed by atoms with Crippen LogP contribution < -0.4 is 0 Å². The van der Waals surface area contributed by atoms with Crippen molar-refractivity contribution in [1.29, 1.82) is 0 Å². The van der Waals surface area contributed by atoms with Crippen molar-refractivity contribution in [1.82, 2.24) is 4.98 Å². The Morgan fingerprint density at radius 2 is 2.17 bits per heavy atom. The van der Waals surface area contributed by atoms with Crippen LogP contribution in [0.15, 0.2) is 41.6 Å². The van der Waals surface area contributed by atoms with E-state index in [1.165, 1.54) is 0 Å². The van der Waals surface area contributed by atoms with Gasteiger partial charge in [0.15, 0.2) is 0 Å². The third-order valence-corrected chi connectivity index (χ3v) is 2.23. The number of rotatable bonds is 3. The molecule has 1 aromatic heterocycles. The van der Waals surface area contributed by atoms with Crippen molar-refractivity contribution in [3.05, 3.63) is 42.3 Å². The summed E-state index contributed by atoms with van der Waals surface area (Å²) in [6.45, 7) is 9.86. The van der Waals surface area contributed by atoms with Gasteiger partial charge in [-0.1, -0.05) is 38.8 Å². The van der Waals surface area contributed by atoms with Gasteiger partial charge in [-0.05, 0) is 30.3 Å². The van der Waals surface area contributed by atoms with Crippen molar-refractivity contribution >= 4 is 18.0 Å². The summed E-state index contributed by atoms with van der Waals surface area (Å²) in [6, 6.07) is 3.75. The summed E-state index contributed by atoms with van der Waals surface area (Å²) in [4.78, 5) is 8.13. The van der Waals surface area contributed by atoms with E-state index in [9.17, 15) is 0 Å². The third-order valence-electron chi connectivity index (χ3n) is 2.23. The van der Waals surface area contributed by atoms with Crippen LogP contribution in [0, 0.1) is 17.8 Å². The fourth-order valence-electron chi connectivity index (χ4n) is 1.29. The zero-order valence-corrected chi connectivity index (χ0v) is 11.1. The highest BCUT2D eigenvalue weighted by Crippen LogP contribution is 2.21. The van der Waals surface area contributed by atoms with Gasteiger partial charge in [0.2, 0.25) is 0 Å². The van der Waals surface area contributed by atoms with E-state index in [1.54, 1.807) is 12.3 Å². The molecule has 0 bridgehead atoms.